The van der Waals surface area contributed by atoms with E-state index in [0.717, 1.165) is 30.6 Å². The Morgan fingerprint density at radius 2 is 2.03 bits per heavy atom. The van der Waals surface area contributed by atoms with E-state index in [1.165, 1.54) is 17.3 Å². The van der Waals surface area contributed by atoms with E-state index in [9.17, 15) is 4.79 Å². The second-order valence-electron chi connectivity index (χ2n) is 7.61. The Balaban J connectivity index is 1.45. The molecule has 0 spiro atoms. The zero-order valence-corrected chi connectivity index (χ0v) is 19.3. The number of thiocarbonyl (C=S) groups is 1. The first-order valence-corrected chi connectivity index (χ1v) is 11.5. The van der Waals surface area contributed by atoms with Crippen LogP contribution < -0.4 is 9.47 Å². The van der Waals surface area contributed by atoms with Crippen LogP contribution in [0.4, 0.5) is 0 Å². The maximum atomic E-state index is 12.9. The van der Waals surface area contributed by atoms with E-state index in [0.29, 0.717) is 33.9 Å². The molecule has 7 heteroatoms. The summed E-state index contributed by atoms with van der Waals surface area (Å²) in [6, 6.07) is 13.9. The number of rotatable bonds is 7. The number of hydrogen-bond donors (Lipinski definition) is 0. The van der Waals surface area contributed by atoms with Gasteiger partial charge in [-0.05, 0) is 49.1 Å². The van der Waals surface area contributed by atoms with Gasteiger partial charge in [0.25, 0.3) is 5.91 Å². The molecule has 2 aromatic rings. The SMILES string of the molecule is COc1cc(/C=C2\SC(=S)N(C[C@H]3CCCO3)C2=O)ccc1OCc1ccc(C)cc1. The van der Waals surface area contributed by atoms with Gasteiger partial charge in [0.05, 0.1) is 24.7 Å². The molecule has 0 N–H and O–H groups in total. The molecular weight excluding hydrogens is 430 g/mol. The summed E-state index contributed by atoms with van der Waals surface area (Å²) in [7, 11) is 1.61. The Morgan fingerprint density at radius 1 is 1.23 bits per heavy atom. The molecule has 2 saturated heterocycles. The van der Waals surface area contributed by atoms with Crippen molar-refractivity contribution in [3.05, 3.63) is 64.1 Å². The molecule has 0 aromatic heterocycles. The molecule has 0 bridgehead atoms. The van der Waals surface area contributed by atoms with Crippen LogP contribution in [-0.2, 0) is 16.1 Å². The fraction of sp³-hybridized carbons (Fsp3) is 0.333. The van der Waals surface area contributed by atoms with Gasteiger partial charge in [-0.25, -0.2) is 0 Å². The van der Waals surface area contributed by atoms with Crippen molar-refractivity contribution in [3.8, 4) is 11.5 Å². The quantitative estimate of drug-likeness (QED) is 0.434. The predicted molar refractivity (Wildman–Crippen MR) is 127 cm³/mol. The standard InChI is InChI=1S/C24H25NO4S2/c1-16-5-7-17(8-6-16)15-29-20-10-9-18(12-21(20)27-2)13-22-23(26)25(24(30)31-22)14-19-4-3-11-28-19/h5-10,12-13,19H,3-4,11,14-15H2,1-2H3/b22-13-/t19-/m1/s1. The second-order valence-corrected chi connectivity index (χ2v) is 9.29. The van der Waals surface area contributed by atoms with Gasteiger partial charge in [0.1, 0.15) is 10.9 Å². The van der Waals surface area contributed by atoms with Crippen molar-refractivity contribution in [3.63, 3.8) is 0 Å². The number of aryl methyl sites for hydroxylation is 1. The van der Waals surface area contributed by atoms with Crippen molar-refractivity contribution in [1.82, 2.24) is 4.90 Å². The summed E-state index contributed by atoms with van der Waals surface area (Å²) in [5.74, 6) is 1.21. The van der Waals surface area contributed by atoms with Crippen molar-refractivity contribution in [1.29, 1.82) is 0 Å². The summed E-state index contributed by atoms with van der Waals surface area (Å²) in [5, 5.41) is 0. The minimum Gasteiger partial charge on any atom is -0.493 e. The molecule has 0 aliphatic carbocycles. The lowest BCUT2D eigenvalue weighted by Gasteiger charge is -2.18. The highest BCUT2D eigenvalue weighted by Gasteiger charge is 2.34. The second kappa shape index (κ2) is 9.85. The molecule has 2 aliphatic heterocycles. The molecule has 1 amide bonds. The number of methoxy groups -OCH3 is 1. The van der Waals surface area contributed by atoms with E-state index in [2.05, 4.69) is 31.2 Å². The number of hydrogen-bond acceptors (Lipinski definition) is 6. The van der Waals surface area contributed by atoms with E-state index in [4.69, 9.17) is 26.4 Å². The van der Waals surface area contributed by atoms with Gasteiger partial charge in [-0.2, -0.15) is 0 Å². The van der Waals surface area contributed by atoms with Crippen LogP contribution in [0.25, 0.3) is 6.08 Å². The first-order chi connectivity index (χ1) is 15.0. The summed E-state index contributed by atoms with van der Waals surface area (Å²) >= 11 is 6.76. The van der Waals surface area contributed by atoms with Gasteiger partial charge >= 0.3 is 0 Å². The average molecular weight is 456 g/mol. The number of nitrogens with zero attached hydrogens (tertiary/aromatic N) is 1. The van der Waals surface area contributed by atoms with Crippen LogP contribution >= 0.6 is 24.0 Å². The fourth-order valence-corrected chi connectivity index (χ4v) is 4.81. The highest BCUT2D eigenvalue weighted by atomic mass is 32.2. The molecule has 0 radical (unpaired) electrons. The van der Waals surface area contributed by atoms with E-state index in [1.807, 2.05) is 24.3 Å². The summed E-state index contributed by atoms with van der Waals surface area (Å²) in [6.07, 6.45) is 3.93. The van der Waals surface area contributed by atoms with Crippen LogP contribution in [0.1, 0.15) is 29.5 Å². The van der Waals surface area contributed by atoms with Gasteiger partial charge in [-0.1, -0.05) is 59.9 Å². The first kappa shape index (κ1) is 21.9. The van der Waals surface area contributed by atoms with E-state index < -0.39 is 0 Å². The lowest BCUT2D eigenvalue weighted by atomic mass is 10.1. The lowest BCUT2D eigenvalue weighted by molar-refractivity contribution is -0.123. The van der Waals surface area contributed by atoms with E-state index >= 15 is 0 Å². The van der Waals surface area contributed by atoms with Crippen LogP contribution in [0.5, 0.6) is 11.5 Å². The summed E-state index contributed by atoms with van der Waals surface area (Å²) in [6.45, 7) is 3.80. The molecule has 162 valence electrons. The predicted octanol–water partition coefficient (Wildman–Crippen LogP) is 4.96. The minimum atomic E-state index is -0.0656. The van der Waals surface area contributed by atoms with Crippen molar-refractivity contribution < 1.29 is 19.0 Å². The van der Waals surface area contributed by atoms with Gasteiger partial charge in [0, 0.05) is 6.61 Å². The molecule has 4 rings (SSSR count). The van der Waals surface area contributed by atoms with Crippen molar-refractivity contribution in [2.24, 2.45) is 0 Å². The molecule has 2 fully saturated rings. The van der Waals surface area contributed by atoms with Gasteiger partial charge in [0.2, 0.25) is 0 Å². The van der Waals surface area contributed by atoms with E-state index in [-0.39, 0.29) is 12.0 Å². The van der Waals surface area contributed by atoms with Crippen LogP contribution in [-0.4, -0.2) is 41.5 Å². The zero-order valence-electron chi connectivity index (χ0n) is 17.6. The summed E-state index contributed by atoms with van der Waals surface area (Å²) in [4.78, 5) is 15.1. The number of thioether (sulfide) groups is 1. The molecule has 2 aliphatic rings. The van der Waals surface area contributed by atoms with Crippen molar-refractivity contribution >= 4 is 40.3 Å². The Hall–Kier alpha value is -2.35. The van der Waals surface area contributed by atoms with Crippen LogP contribution in [0.2, 0.25) is 0 Å². The molecule has 1 atom stereocenters. The number of carbonyl (C=O) groups excluding carboxylic acids is 1. The van der Waals surface area contributed by atoms with Crippen LogP contribution in [0, 0.1) is 6.92 Å². The normalized spacial score (nSPS) is 20.0. The molecular formula is C24H25NO4S2. The molecule has 2 aromatic carbocycles. The van der Waals surface area contributed by atoms with Crippen LogP contribution in [0.3, 0.4) is 0 Å². The van der Waals surface area contributed by atoms with Gasteiger partial charge in [-0.15, -0.1) is 0 Å². The molecule has 31 heavy (non-hydrogen) atoms. The number of benzene rings is 2. The van der Waals surface area contributed by atoms with Gasteiger partial charge < -0.3 is 14.2 Å². The molecule has 2 heterocycles. The third kappa shape index (κ3) is 5.29. The highest BCUT2D eigenvalue weighted by molar-refractivity contribution is 8.26. The highest BCUT2D eigenvalue weighted by Crippen LogP contribution is 2.35. The molecule has 0 saturated carbocycles. The fourth-order valence-electron chi connectivity index (χ4n) is 3.54. The number of carbonyl (C=O) groups is 1. The number of amides is 1. The number of ether oxygens (including phenoxy) is 3. The largest absolute Gasteiger partial charge is 0.493 e. The Morgan fingerprint density at radius 3 is 2.74 bits per heavy atom. The van der Waals surface area contributed by atoms with Gasteiger partial charge in [-0.3, -0.25) is 9.69 Å². The minimum absolute atomic E-state index is 0.0656. The zero-order chi connectivity index (χ0) is 21.8. The van der Waals surface area contributed by atoms with Crippen molar-refractivity contribution in [2.75, 3.05) is 20.3 Å². The monoisotopic (exact) mass is 455 g/mol. The van der Waals surface area contributed by atoms with Gasteiger partial charge in [0.15, 0.2) is 11.5 Å². The maximum Gasteiger partial charge on any atom is 0.266 e. The smallest absolute Gasteiger partial charge is 0.266 e. The van der Waals surface area contributed by atoms with E-state index in [1.54, 1.807) is 12.0 Å². The third-order valence-electron chi connectivity index (χ3n) is 5.28. The Kier molecular flexibility index (Phi) is 6.95. The Labute approximate surface area is 192 Å². The topological polar surface area (TPSA) is 48.0 Å². The lowest BCUT2D eigenvalue weighted by Crippen LogP contribution is -2.35. The third-order valence-corrected chi connectivity index (χ3v) is 6.66. The maximum absolute atomic E-state index is 12.9. The molecule has 0 unspecified atom stereocenters. The molecule has 5 nitrogen and oxygen atoms in total. The summed E-state index contributed by atoms with van der Waals surface area (Å²) < 4.78 is 17.7. The van der Waals surface area contributed by atoms with Crippen molar-refractivity contribution in [2.45, 2.75) is 32.5 Å². The summed E-state index contributed by atoms with van der Waals surface area (Å²) in [5.41, 5.74) is 3.16. The average Bonchev–Trinajstić information content (AvgIpc) is 3.38. The Bertz CT molecular complexity index is 997. The van der Waals surface area contributed by atoms with Crippen LogP contribution in [0.15, 0.2) is 47.4 Å². The first-order valence-electron chi connectivity index (χ1n) is 10.3.